The molecule has 0 aromatic heterocycles. The number of carbonyl (C=O) groups is 2. The van der Waals surface area contributed by atoms with Gasteiger partial charge < -0.3 is 9.47 Å². The summed E-state index contributed by atoms with van der Waals surface area (Å²) in [6.07, 6.45) is 0.775. The molecule has 4 rings (SSSR count). The van der Waals surface area contributed by atoms with Gasteiger partial charge >= 0.3 is 0 Å². The summed E-state index contributed by atoms with van der Waals surface area (Å²) < 4.78 is 13.8. The van der Waals surface area contributed by atoms with E-state index < -0.39 is 11.8 Å². The molecule has 0 aliphatic rings. The first kappa shape index (κ1) is 26.2. The third-order valence-electron chi connectivity index (χ3n) is 5.24. The van der Waals surface area contributed by atoms with Crippen molar-refractivity contribution in [3.05, 3.63) is 103 Å². The van der Waals surface area contributed by atoms with E-state index in [4.69, 9.17) is 9.47 Å². The highest BCUT2D eigenvalue weighted by Gasteiger charge is 2.12. The minimum Gasteiger partial charge on any atom is -0.492 e. The summed E-state index contributed by atoms with van der Waals surface area (Å²) in [7, 11) is 0. The van der Waals surface area contributed by atoms with Crippen molar-refractivity contribution >= 4 is 70.4 Å². The van der Waals surface area contributed by atoms with Crippen LogP contribution in [0.3, 0.4) is 0 Å². The molecule has 0 heterocycles. The van der Waals surface area contributed by atoms with E-state index in [9.17, 15) is 9.59 Å². The van der Waals surface area contributed by atoms with Gasteiger partial charge in [0, 0.05) is 16.5 Å². The van der Waals surface area contributed by atoms with E-state index in [1.807, 2.05) is 54.6 Å². The third-order valence-corrected chi connectivity index (χ3v) is 7.17. The van der Waals surface area contributed by atoms with Crippen molar-refractivity contribution in [1.82, 2.24) is 10.9 Å². The summed E-state index contributed by atoms with van der Waals surface area (Å²) in [5, 5.41) is 1.99. The molecule has 0 bridgehead atoms. The fourth-order valence-electron chi connectivity index (χ4n) is 3.41. The van der Waals surface area contributed by atoms with Crippen LogP contribution in [0.2, 0.25) is 0 Å². The van der Waals surface area contributed by atoms with E-state index >= 15 is 0 Å². The lowest BCUT2D eigenvalue weighted by Gasteiger charge is -2.12. The monoisotopic (exact) mass is 674 g/mol. The van der Waals surface area contributed by atoms with Gasteiger partial charge in [0.25, 0.3) is 11.8 Å². The number of rotatable bonds is 8. The normalized spacial score (nSPS) is 10.6. The predicted molar refractivity (Wildman–Crippen MR) is 150 cm³/mol. The van der Waals surface area contributed by atoms with Crippen LogP contribution in [-0.2, 0) is 11.2 Å². The maximum absolute atomic E-state index is 12.5. The standard InChI is InChI=1S/C27H21Br3N2O4/c28-20-8-9-21-18(14-20)6-11-24(26(21)30)36-16-25(33)31-32-27(34)19-7-10-23(22(29)15-19)35-13-12-17-4-2-1-3-5-17/h1-11,14-15H,12-13,16H2,(H,31,33)(H,32,34). The summed E-state index contributed by atoms with van der Waals surface area (Å²) in [5.41, 5.74) is 6.32. The molecular weight excluding hydrogens is 656 g/mol. The zero-order valence-electron chi connectivity index (χ0n) is 18.9. The Morgan fingerprint density at radius 2 is 1.56 bits per heavy atom. The lowest BCUT2D eigenvalue weighted by molar-refractivity contribution is -0.123. The van der Waals surface area contributed by atoms with E-state index in [1.165, 1.54) is 5.56 Å². The molecule has 0 aliphatic carbocycles. The SMILES string of the molecule is O=C(COc1ccc2cc(Br)ccc2c1Br)NNC(=O)c1ccc(OCCc2ccccc2)c(Br)c1. The van der Waals surface area contributed by atoms with Crippen molar-refractivity contribution in [2.75, 3.05) is 13.2 Å². The Morgan fingerprint density at radius 1 is 0.778 bits per heavy atom. The molecule has 0 unspecified atom stereocenters. The lowest BCUT2D eigenvalue weighted by Crippen LogP contribution is -2.43. The fourth-order valence-corrected chi connectivity index (χ4v) is 4.89. The van der Waals surface area contributed by atoms with Gasteiger partial charge in [0.05, 0.1) is 15.6 Å². The molecule has 6 nitrogen and oxygen atoms in total. The molecule has 9 heteroatoms. The number of fused-ring (bicyclic) bond motifs is 1. The van der Waals surface area contributed by atoms with Gasteiger partial charge in [0.2, 0.25) is 0 Å². The van der Waals surface area contributed by atoms with Gasteiger partial charge in [-0.25, -0.2) is 0 Å². The average molecular weight is 677 g/mol. The Bertz CT molecular complexity index is 1400. The van der Waals surface area contributed by atoms with Gasteiger partial charge in [0.15, 0.2) is 6.61 Å². The van der Waals surface area contributed by atoms with Crippen LogP contribution < -0.4 is 20.3 Å². The first-order valence-corrected chi connectivity index (χ1v) is 13.3. The van der Waals surface area contributed by atoms with Crippen LogP contribution in [0.25, 0.3) is 10.8 Å². The van der Waals surface area contributed by atoms with Crippen molar-refractivity contribution in [2.45, 2.75) is 6.42 Å². The topological polar surface area (TPSA) is 76.7 Å². The fraction of sp³-hybridized carbons (Fsp3) is 0.111. The zero-order valence-corrected chi connectivity index (χ0v) is 23.7. The van der Waals surface area contributed by atoms with E-state index in [2.05, 4.69) is 58.6 Å². The van der Waals surface area contributed by atoms with Gasteiger partial charge in [-0.05, 0) is 84.6 Å². The molecule has 4 aromatic carbocycles. The van der Waals surface area contributed by atoms with Gasteiger partial charge in [-0.2, -0.15) is 0 Å². The number of hydrogen-bond donors (Lipinski definition) is 2. The Balaban J connectivity index is 1.26. The largest absolute Gasteiger partial charge is 0.492 e. The number of amides is 2. The van der Waals surface area contributed by atoms with Crippen LogP contribution >= 0.6 is 47.8 Å². The van der Waals surface area contributed by atoms with Crippen LogP contribution in [0.1, 0.15) is 15.9 Å². The molecule has 0 saturated carbocycles. The highest BCUT2D eigenvalue weighted by molar-refractivity contribution is 9.11. The summed E-state index contributed by atoms with van der Waals surface area (Å²) >= 11 is 10.4. The van der Waals surface area contributed by atoms with Gasteiger partial charge in [-0.15, -0.1) is 0 Å². The quantitative estimate of drug-likeness (QED) is 0.207. The van der Waals surface area contributed by atoms with Crippen molar-refractivity contribution in [1.29, 1.82) is 0 Å². The lowest BCUT2D eigenvalue weighted by atomic mass is 10.1. The Hall–Kier alpha value is -2.88. The predicted octanol–water partition coefficient (Wildman–Crippen LogP) is 6.59. The molecule has 4 aromatic rings. The Labute approximate surface area is 233 Å². The van der Waals surface area contributed by atoms with Crippen molar-refractivity contribution in [3.8, 4) is 11.5 Å². The minimum atomic E-state index is -0.494. The Kier molecular flexibility index (Phi) is 9.01. The number of ether oxygens (including phenoxy) is 2. The van der Waals surface area contributed by atoms with Crippen LogP contribution in [0, 0.1) is 0 Å². The summed E-state index contributed by atoms with van der Waals surface area (Å²) in [4.78, 5) is 24.7. The molecule has 36 heavy (non-hydrogen) atoms. The second kappa shape index (κ2) is 12.4. The molecule has 184 valence electrons. The molecule has 0 atom stereocenters. The van der Waals surface area contributed by atoms with E-state index in [0.717, 1.165) is 26.1 Å². The van der Waals surface area contributed by atoms with Gasteiger partial charge in [-0.3, -0.25) is 20.4 Å². The number of nitrogens with one attached hydrogen (secondary N) is 2. The number of benzene rings is 4. The molecule has 0 radical (unpaired) electrons. The van der Waals surface area contributed by atoms with Crippen LogP contribution in [0.5, 0.6) is 11.5 Å². The highest BCUT2D eigenvalue weighted by Crippen LogP contribution is 2.34. The second-order valence-corrected chi connectivity index (χ2v) is 10.3. The minimum absolute atomic E-state index is 0.265. The zero-order chi connectivity index (χ0) is 25.5. The molecule has 0 saturated heterocycles. The molecule has 0 fully saturated rings. The highest BCUT2D eigenvalue weighted by atomic mass is 79.9. The summed E-state index contributed by atoms with van der Waals surface area (Å²) in [5.74, 6) is 0.203. The molecule has 2 amide bonds. The van der Waals surface area contributed by atoms with Crippen LogP contribution in [-0.4, -0.2) is 25.0 Å². The van der Waals surface area contributed by atoms with E-state index in [-0.39, 0.29) is 6.61 Å². The average Bonchev–Trinajstić information content (AvgIpc) is 2.88. The maximum atomic E-state index is 12.5. The summed E-state index contributed by atoms with van der Waals surface area (Å²) in [6, 6.07) is 24.6. The second-order valence-electron chi connectivity index (χ2n) is 7.76. The van der Waals surface area contributed by atoms with Gasteiger partial charge in [-0.1, -0.05) is 58.4 Å². The first-order valence-electron chi connectivity index (χ1n) is 11.0. The number of halogens is 3. The number of carbonyl (C=O) groups excluding carboxylic acids is 2. The van der Waals surface area contributed by atoms with Crippen LogP contribution in [0.4, 0.5) is 0 Å². The molecular formula is C27H21Br3N2O4. The van der Waals surface area contributed by atoms with Crippen molar-refractivity contribution < 1.29 is 19.1 Å². The number of hydrazine groups is 1. The van der Waals surface area contributed by atoms with Gasteiger partial charge in [0.1, 0.15) is 11.5 Å². The van der Waals surface area contributed by atoms with Crippen molar-refractivity contribution in [3.63, 3.8) is 0 Å². The third kappa shape index (κ3) is 6.87. The van der Waals surface area contributed by atoms with E-state index in [0.29, 0.717) is 28.1 Å². The maximum Gasteiger partial charge on any atom is 0.276 e. The summed E-state index contributed by atoms with van der Waals surface area (Å²) in [6.45, 7) is 0.244. The smallest absolute Gasteiger partial charge is 0.276 e. The Morgan fingerprint density at radius 3 is 2.33 bits per heavy atom. The molecule has 0 spiro atoms. The van der Waals surface area contributed by atoms with Crippen LogP contribution in [0.15, 0.2) is 92.3 Å². The number of hydrogen-bond acceptors (Lipinski definition) is 4. The molecule has 0 aliphatic heterocycles. The van der Waals surface area contributed by atoms with E-state index in [1.54, 1.807) is 24.3 Å². The first-order chi connectivity index (χ1) is 17.4. The van der Waals surface area contributed by atoms with Crippen molar-refractivity contribution in [2.24, 2.45) is 0 Å². The molecule has 2 N–H and O–H groups in total.